The van der Waals surface area contributed by atoms with E-state index in [1.807, 2.05) is 13.4 Å². The van der Waals surface area contributed by atoms with Crippen LogP contribution in [0, 0.1) is 19.3 Å². The van der Waals surface area contributed by atoms with Crippen LogP contribution in [0.4, 0.5) is 5.69 Å². The van der Waals surface area contributed by atoms with Crippen LogP contribution in [-0.4, -0.2) is 37.1 Å². The van der Waals surface area contributed by atoms with Gasteiger partial charge in [-0.15, -0.1) is 0 Å². The SMILES string of the molecule is CCN(C)C=Nc1cc(C)c(C(C)=NCCCC(C)(C)C)cc1C. The van der Waals surface area contributed by atoms with Gasteiger partial charge >= 0.3 is 0 Å². The van der Waals surface area contributed by atoms with E-state index in [4.69, 9.17) is 4.99 Å². The number of nitrogens with zero attached hydrogens (tertiary/aromatic N) is 3. The molecule has 3 nitrogen and oxygen atoms in total. The van der Waals surface area contributed by atoms with Gasteiger partial charge in [-0.1, -0.05) is 20.8 Å². The molecular weight excluding hydrogens is 294 g/mol. The van der Waals surface area contributed by atoms with Gasteiger partial charge < -0.3 is 4.90 Å². The van der Waals surface area contributed by atoms with E-state index in [2.05, 4.69) is 70.5 Å². The maximum Gasteiger partial charge on any atom is 0.0909 e. The van der Waals surface area contributed by atoms with E-state index < -0.39 is 0 Å². The summed E-state index contributed by atoms with van der Waals surface area (Å²) < 4.78 is 0. The lowest BCUT2D eigenvalue weighted by Crippen LogP contribution is -2.14. The molecule has 0 fully saturated rings. The first-order valence-corrected chi connectivity index (χ1v) is 9.01. The van der Waals surface area contributed by atoms with Gasteiger partial charge in [0.05, 0.1) is 12.0 Å². The van der Waals surface area contributed by atoms with Crippen LogP contribution in [-0.2, 0) is 0 Å². The van der Waals surface area contributed by atoms with Gasteiger partial charge in [-0.25, -0.2) is 4.99 Å². The van der Waals surface area contributed by atoms with Crippen LogP contribution < -0.4 is 0 Å². The van der Waals surface area contributed by atoms with Gasteiger partial charge in [-0.2, -0.15) is 0 Å². The third-order valence-electron chi connectivity index (χ3n) is 4.26. The monoisotopic (exact) mass is 329 g/mol. The van der Waals surface area contributed by atoms with E-state index in [9.17, 15) is 0 Å². The predicted molar refractivity (Wildman–Crippen MR) is 108 cm³/mol. The molecule has 0 amide bonds. The second-order valence-electron chi connectivity index (χ2n) is 7.90. The molecule has 3 heteroatoms. The highest BCUT2D eigenvalue weighted by molar-refractivity contribution is 6.00. The smallest absolute Gasteiger partial charge is 0.0909 e. The Morgan fingerprint density at radius 1 is 1.17 bits per heavy atom. The van der Waals surface area contributed by atoms with Crippen molar-refractivity contribution in [1.29, 1.82) is 0 Å². The maximum atomic E-state index is 4.79. The average molecular weight is 330 g/mol. The van der Waals surface area contributed by atoms with Crippen molar-refractivity contribution >= 4 is 17.7 Å². The lowest BCUT2D eigenvalue weighted by atomic mass is 9.91. The first-order valence-electron chi connectivity index (χ1n) is 9.01. The number of aliphatic imine (C=N–C) groups is 2. The predicted octanol–water partition coefficient (Wildman–Crippen LogP) is 5.55. The minimum absolute atomic E-state index is 0.390. The Kier molecular flexibility index (Phi) is 7.65. The van der Waals surface area contributed by atoms with Crippen molar-refractivity contribution in [3.8, 4) is 0 Å². The van der Waals surface area contributed by atoms with Gasteiger partial charge in [0.25, 0.3) is 0 Å². The first kappa shape index (κ1) is 20.4. The lowest BCUT2D eigenvalue weighted by molar-refractivity contribution is 0.368. The fourth-order valence-electron chi connectivity index (χ4n) is 2.51. The van der Waals surface area contributed by atoms with Crippen LogP contribution in [0.1, 0.15) is 64.2 Å². The van der Waals surface area contributed by atoms with Gasteiger partial charge in [-0.05, 0) is 74.8 Å². The minimum Gasteiger partial charge on any atom is -0.366 e. The van der Waals surface area contributed by atoms with E-state index in [0.29, 0.717) is 5.41 Å². The fourth-order valence-corrected chi connectivity index (χ4v) is 2.51. The van der Waals surface area contributed by atoms with Crippen molar-refractivity contribution in [2.24, 2.45) is 15.4 Å². The Bertz CT molecular complexity index is 592. The molecule has 0 atom stereocenters. The average Bonchev–Trinajstić information content (AvgIpc) is 2.50. The molecule has 0 aromatic heterocycles. The van der Waals surface area contributed by atoms with Crippen LogP contribution in [0.2, 0.25) is 0 Å². The van der Waals surface area contributed by atoms with E-state index in [1.54, 1.807) is 0 Å². The molecule has 0 aliphatic carbocycles. The van der Waals surface area contributed by atoms with Crippen LogP contribution in [0.15, 0.2) is 22.1 Å². The molecule has 1 aromatic rings. The van der Waals surface area contributed by atoms with E-state index in [0.717, 1.165) is 30.9 Å². The highest BCUT2D eigenvalue weighted by atomic mass is 15.1. The zero-order valence-electron chi connectivity index (χ0n) is 16.9. The molecule has 0 aliphatic heterocycles. The van der Waals surface area contributed by atoms with Crippen molar-refractivity contribution in [2.45, 2.75) is 61.3 Å². The Hall–Kier alpha value is -1.64. The number of hydrogen-bond donors (Lipinski definition) is 0. The quantitative estimate of drug-likeness (QED) is 0.366. The summed E-state index contributed by atoms with van der Waals surface area (Å²) in [6.07, 6.45) is 4.25. The molecule has 134 valence electrons. The van der Waals surface area contributed by atoms with Crippen molar-refractivity contribution in [3.63, 3.8) is 0 Å². The maximum absolute atomic E-state index is 4.79. The summed E-state index contributed by atoms with van der Waals surface area (Å²) in [6, 6.07) is 4.38. The van der Waals surface area contributed by atoms with E-state index >= 15 is 0 Å². The molecule has 0 aliphatic rings. The molecule has 24 heavy (non-hydrogen) atoms. The lowest BCUT2D eigenvalue weighted by Gasteiger charge is -2.17. The number of hydrogen-bond acceptors (Lipinski definition) is 2. The Balaban J connectivity index is 2.85. The topological polar surface area (TPSA) is 28.0 Å². The molecule has 0 radical (unpaired) electrons. The molecule has 1 rings (SSSR count). The highest BCUT2D eigenvalue weighted by Gasteiger charge is 2.09. The molecule has 0 N–H and O–H groups in total. The van der Waals surface area contributed by atoms with Crippen LogP contribution in [0.3, 0.4) is 0 Å². The Morgan fingerprint density at radius 2 is 1.83 bits per heavy atom. The van der Waals surface area contributed by atoms with Crippen molar-refractivity contribution in [3.05, 3.63) is 28.8 Å². The van der Waals surface area contributed by atoms with Crippen LogP contribution in [0.5, 0.6) is 0 Å². The molecule has 1 aromatic carbocycles. The minimum atomic E-state index is 0.390. The number of rotatable bonds is 7. The summed E-state index contributed by atoms with van der Waals surface area (Å²) in [7, 11) is 2.04. The first-order chi connectivity index (χ1) is 11.1. The van der Waals surface area contributed by atoms with Gasteiger partial charge in [0, 0.05) is 25.8 Å². The standard InChI is InChI=1S/C21H35N3/c1-9-24(8)15-23-20-14-16(2)19(13-17(20)3)18(4)22-12-10-11-21(5,6)7/h13-15H,9-12H2,1-8H3. The second-order valence-corrected chi connectivity index (χ2v) is 7.90. The second kappa shape index (κ2) is 9.00. The molecule has 0 saturated heterocycles. The van der Waals surface area contributed by atoms with Gasteiger partial charge in [-0.3, -0.25) is 4.99 Å². The largest absolute Gasteiger partial charge is 0.366 e. The highest BCUT2D eigenvalue weighted by Crippen LogP contribution is 2.24. The molecule has 0 spiro atoms. The van der Waals surface area contributed by atoms with Crippen molar-refractivity contribution in [1.82, 2.24) is 4.90 Å². The molecule has 0 unspecified atom stereocenters. The van der Waals surface area contributed by atoms with E-state index in [-0.39, 0.29) is 0 Å². The number of aryl methyl sites for hydroxylation is 2. The molecule has 0 bridgehead atoms. The van der Waals surface area contributed by atoms with Gasteiger partial charge in [0.1, 0.15) is 0 Å². The summed E-state index contributed by atoms with van der Waals surface area (Å²) in [6.45, 7) is 17.2. The molecular formula is C21H35N3. The molecule has 0 heterocycles. The summed E-state index contributed by atoms with van der Waals surface area (Å²) in [4.78, 5) is 11.5. The summed E-state index contributed by atoms with van der Waals surface area (Å²) >= 11 is 0. The zero-order valence-corrected chi connectivity index (χ0v) is 16.9. The number of benzene rings is 1. The van der Waals surface area contributed by atoms with Crippen LogP contribution >= 0.6 is 0 Å². The summed E-state index contributed by atoms with van der Waals surface area (Å²) in [5, 5.41) is 0. The van der Waals surface area contributed by atoms with Crippen LogP contribution in [0.25, 0.3) is 0 Å². The third kappa shape index (κ3) is 6.86. The van der Waals surface area contributed by atoms with Gasteiger partial charge in [0.2, 0.25) is 0 Å². The molecule has 0 saturated carbocycles. The van der Waals surface area contributed by atoms with Crippen molar-refractivity contribution < 1.29 is 0 Å². The summed E-state index contributed by atoms with van der Waals surface area (Å²) in [5.41, 5.74) is 6.24. The van der Waals surface area contributed by atoms with E-state index in [1.165, 1.54) is 23.1 Å². The summed E-state index contributed by atoms with van der Waals surface area (Å²) in [5.74, 6) is 0. The normalized spacial score (nSPS) is 12.9. The Morgan fingerprint density at radius 3 is 2.42 bits per heavy atom. The third-order valence-corrected chi connectivity index (χ3v) is 4.26. The van der Waals surface area contributed by atoms with Crippen molar-refractivity contribution in [2.75, 3.05) is 20.1 Å². The Labute approximate surface area is 148 Å². The van der Waals surface area contributed by atoms with Gasteiger partial charge in [0.15, 0.2) is 0 Å². The zero-order chi connectivity index (χ0) is 18.3. The fraction of sp³-hybridized carbons (Fsp3) is 0.619.